The molecule has 0 fully saturated rings. The number of carbonyl (C=O) groups is 1. The number of rotatable bonds is 6. The van der Waals surface area contributed by atoms with E-state index in [0.717, 1.165) is 18.2 Å². The fraction of sp³-hybridized carbons (Fsp3) is 0.172. The number of carbonyl (C=O) groups excluding carboxylic acids is 1. The van der Waals surface area contributed by atoms with Gasteiger partial charge in [-0.25, -0.2) is 4.79 Å². The summed E-state index contributed by atoms with van der Waals surface area (Å²) in [6, 6.07) is 16.0. The summed E-state index contributed by atoms with van der Waals surface area (Å²) in [4.78, 5) is 17.6. The fourth-order valence-corrected chi connectivity index (χ4v) is 4.38. The van der Waals surface area contributed by atoms with Crippen molar-refractivity contribution in [2.24, 2.45) is 0 Å². The van der Waals surface area contributed by atoms with Crippen molar-refractivity contribution in [3.8, 4) is 0 Å². The third-order valence-electron chi connectivity index (χ3n) is 6.27. The Labute approximate surface area is 233 Å². The van der Waals surface area contributed by atoms with Crippen LogP contribution in [0.5, 0.6) is 0 Å². The Morgan fingerprint density at radius 2 is 1.17 bits per heavy atom. The number of alkyl halides is 9. The molecule has 4 aromatic rings. The van der Waals surface area contributed by atoms with Crippen LogP contribution in [0.2, 0.25) is 0 Å². The SMILES string of the molecule is O=C(Nc1cc(C(F)(F)F)cc(C(F)(F)F)c1)NC(Cc1ccccc1)(c1cccc(C(F)(F)F)c1)c1ccccn1. The monoisotopic (exact) mass is 597 g/mol. The van der Waals surface area contributed by atoms with Gasteiger partial charge in [-0.15, -0.1) is 0 Å². The van der Waals surface area contributed by atoms with Gasteiger partial charge in [0.25, 0.3) is 0 Å². The molecule has 220 valence electrons. The van der Waals surface area contributed by atoms with E-state index in [2.05, 4.69) is 10.3 Å². The number of nitrogens with zero attached hydrogens (tertiary/aromatic N) is 1. The lowest BCUT2D eigenvalue weighted by Gasteiger charge is -2.36. The molecule has 42 heavy (non-hydrogen) atoms. The number of anilines is 1. The summed E-state index contributed by atoms with van der Waals surface area (Å²) in [5, 5.41) is 4.51. The summed E-state index contributed by atoms with van der Waals surface area (Å²) in [7, 11) is 0. The van der Waals surface area contributed by atoms with Crippen LogP contribution in [-0.4, -0.2) is 11.0 Å². The minimum Gasteiger partial charge on any atom is -0.322 e. The standard InChI is InChI=1S/C29H20F9N3O/c30-27(31,32)20-10-6-9-19(13-20)26(24-11-4-5-12-39-24,17-18-7-2-1-3-8-18)41-25(42)40-23-15-21(28(33,34)35)14-22(16-23)29(36,37)38/h1-16H,17H2,(H2,40,41,42). The lowest BCUT2D eigenvalue weighted by Crippen LogP contribution is -2.50. The van der Waals surface area contributed by atoms with Gasteiger partial charge in [0.15, 0.2) is 0 Å². The normalized spacial score (nSPS) is 13.7. The molecule has 4 nitrogen and oxygen atoms in total. The third-order valence-corrected chi connectivity index (χ3v) is 6.27. The largest absolute Gasteiger partial charge is 0.416 e. The quantitative estimate of drug-likeness (QED) is 0.219. The summed E-state index contributed by atoms with van der Waals surface area (Å²) >= 11 is 0. The van der Waals surface area contributed by atoms with Crippen LogP contribution in [0.4, 0.5) is 50.0 Å². The molecule has 0 saturated carbocycles. The molecule has 4 rings (SSSR count). The predicted molar refractivity (Wildman–Crippen MR) is 135 cm³/mol. The van der Waals surface area contributed by atoms with Crippen molar-refractivity contribution in [2.75, 3.05) is 5.32 Å². The van der Waals surface area contributed by atoms with Crippen LogP contribution >= 0.6 is 0 Å². The van der Waals surface area contributed by atoms with Crippen LogP contribution in [-0.2, 0) is 30.5 Å². The highest BCUT2D eigenvalue weighted by Gasteiger charge is 2.41. The maximum Gasteiger partial charge on any atom is 0.416 e. The minimum absolute atomic E-state index is 0.0587. The summed E-state index contributed by atoms with van der Waals surface area (Å²) < 4.78 is 121. The molecule has 0 spiro atoms. The molecule has 2 amide bonds. The molecule has 0 aliphatic rings. The first kappa shape index (κ1) is 30.4. The number of benzene rings is 3. The molecule has 3 aromatic carbocycles. The maximum atomic E-state index is 13.7. The second kappa shape index (κ2) is 11.4. The van der Waals surface area contributed by atoms with Crippen molar-refractivity contribution in [2.45, 2.75) is 30.5 Å². The Morgan fingerprint density at radius 1 is 0.619 bits per heavy atom. The zero-order valence-corrected chi connectivity index (χ0v) is 21.2. The Bertz CT molecular complexity index is 1500. The summed E-state index contributed by atoms with van der Waals surface area (Å²) in [6.45, 7) is 0. The van der Waals surface area contributed by atoms with E-state index >= 15 is 0 Å². The average Bonchev–Trinajstić information content (AvgIpc) is 2.92. The van der Waals surface area contributed by atoms with Gasteiger partial charge in [-0.05, 0) is 53.6 Å². The Morgan fingerprint density at radius 3 is 1.71 bits per heavy atom. The average molecular weight is 597 g/mol. The molecular formula is C29H20F9N3O. The number of urea groups is 1. The number of amides is 2. The van der Waals surface area contributed by atoms with Crippen LogP contribution in [0.25, 0.3) is 0 Å². The van der Waals surface area contributed by atoms with Crippen molar-refractivity contribution in [3.63, 3.8) is 0 Å². The molecule has 2 N–H and O–H groups in total. The highest BCUT2D eigenvalue weighted by molar-refractivity contribution is 5.90. The molecule has 1 heterocycles. The molecular weight excluding hydrogens is 577 g/mol. The van der Waals surface area contributed by atoms with E-state index < -0.39 is 52.5 Å². The van der Waals surface area contributed by atoms with Gasteiger partial charge in [0, 0.05) is 18.3 Å². The van der Waals surface area contributed by atoms with Gasteiger partial charge >= 0.3 is 24.6 Å². The molecule has 0 radical (unpaired) electrons. The molecule has 1 unspecified atom stereocenters. The van der Waals surface area contributed by atoms with E-state index in [4.69, 9.17) is 0 Å². The number of aromatic nitrogens is 1. The van der Waals surface area contributed by atoms with Crippen LogP contribution in [0.3, 0.4) is 0 Å². The van der Waals surface area contributed by atoms with Crippen LogP contribution < -0.4 is 10.6 Å². The second-order valence-corrected chi connectivity index (χ2v) is 9.23. The van der Waals surface area contributed by atoms with Gasteiger partial charge in [0.05, 0.1) is 22.4 Å². The van der Waals surface area contributed by atoms with Crippen LogP contribution in [0.15, 0.2) is 97.2 Å². The summed E-state index contributed by atoms with van der Waals surface area (Å²) in [5.41, 5.74) is -6.58. The van der Waals surface area contributed by atoms with E-state index in [0.29, 0.717) is 17.7 Å². The van der Waals surface area contributed by atoms with Crippen molar-refractivity contribution < 1.29 is 44.3 Å². The van der Waals surface area contributed by atoms with Gasteiger partial charge < -0.3 is 10.6 Å². The lowest BCUT2D eigenvalue weighted by molar-refractivity contribution is -0.143. The van der Waals surface area contributed by atoms with Crippen molar-refractivity contribution >= 4 is 11.7 Å². The first-order chi connectivity index (χ1) is 19.6. The summed E-state index contributed by atoms with van der Waals surface area (Å²) in [5.74, 6) is 0. The van der Waals surface area contributed by atoms with E-state index in [1.807, 2.05) is 5.32 Å². The molecule has 0 aliphatic heterocycles. The first-order valence-corrected chi connectivity index (χ1v) is 12.1. The van der Waals surface area contributed by atoms with Gasteiger partial charge in [0.1, 0.15) is 5.54 Å². The second-order valence-electron chi connectivity index (χ2n) is 9.23. The Kier molecular flexibility index (Phi) is 8.24. The Hall–Kier alpha value is -4.55. The first-order valence-electron chi connectivity index (χ1n) is 12.1. The molecule has 1 aromatic heterocycles. The molecule has 1 atom stereocenters. The number of halogens is 9. The van der Waals surface area contributed by atoms with Crippen molar-refractivity contribution in [1.29, 1.82) is 0 Å². The zero-order valence-electron chi connectivity index (χ0n) is 21.2. The number of hydrogen-bond donors (Lipinski definition) is 2. The maximum absolute atomic E-state index is 13.7. The lowest BCUT2D eigenvalue weighted by atomic mass is 9.80. The number of hydrogen-bond acceptors (Lipinski definition) is 2. The fourth-order valence-electron chi connectivity index (χ4n) is 4.38. The molecule has 0 saturated heterocycles. The van der Waals surface area contributed by atoms with Crippen molar-refractivity contribution in [1.82, 2.24) is 10.3 Å². The molecule has 13 heteroatoms. The Balaban J connectivity index is 1.85. The van der Waals surface area contributed by atoms with Gasteiger partial charge in [-0.3, -0.25) is 4.98 Å². The number of pyridine rings is 1. The van der Waals surface area contributed by atoms with E-state index in [9.17, 15) is 44.3 Å². The van der Waals surface area contributed by atoms with Gasteiger partial charge in [-0.1, -0.05) is 48.5 Å². The zero-order chi connectivity index (χ0) is 30.8. The summed E-state index contributed by atoms with van der Waals surface area (Å²) in [6.07, 6.45) is -14.0. The number of nitrogens with one attached hydrogen (secondary N) is 2. The third kappa shape index (κ3) is 7.01. The highest BCUT2D eigenvalue weighted by atomic mass is 19.4. The molecule has 0 bridgehead atoms. The van der Waals surface area contributed by atoms with Crippen molar-refractivity contribution in [3.05, 3.63) is 131 Å². The van der Waals surface area contributed by atoms with E-state index in [1.165, 1.54) is 30.5 Å². The van der Waals surface area contributed by atoms with Crippen LogP contribution in [0.1, 0.15) is 33.5 Å². The molecule has 0 aliphatic carbocycles. The highest BCUT2D eigenvalue weighted by Crippen LogP contribution is 2.39. The topological polar surface area (TPSA) is 54.0 Å². The van der Waals surface area contributed by atoms with Gasteiger partial charge in [-0.2, -0.15) is 39.5 Å². The minimum atomic E-state index is -5.17. The van der Waals surface area contributed by atoms with E-state index in [-0.39, 0.29) is 23.7 Å². The predicted octanol–water partition coefficient (Wildman–Crippen LogP) is 8.45. The smallest absolute Gasteiger partial charge is 0.322 e. The van der Waals surface area contributed by atoms with Gasteiger partial charge in [0.2, 0.25) is 0 Å². The van der Waals surface area contributed by atoms with Crippen LogP contribution in [0, 0.1) is 0 Å². The van der Waals surface area contributed by atoms with E-state index in [1.54, 1.807) is 30.3 Å².